The summed E-state index contributed by atoms with van der Waals surface area (Å²) in [6.45, 7) is 9.24. The van der Waals surface area contributed by atoms with E-state index in [-0.39, 0.29) is 17.7 Å². The van der Waals surface area contributed by atoms with E-state index in [1.807, 2.05) is 30.3 Å². The Morgan fingerprint density at radius 2 is 1.83 bits per heavy atom. The zero-order valence-electron chi connectivity index (χ0n) is 14.2. The van der Waals surface area contributed by atoms with E-state index in [9.17, 15) is 0 Å². The maximum absolute atomic E-state index is 6.21. The Morgan fingerprint density at radius 3 is 2.39 bits per heavy atom. The van der Waals surface area contributed by atoms with Gasteiger partial charge in [-0.15, -0.1) is 0 Å². The quantitative estimate of drug-likeness (QED) is 0.814. The van der Waals surface area contributed by atoms with Crippen LogP contribution in [0.2, 0.25) is 5.31 Å². The molecule has 1 radical (unpaired) electrons. The predicted molar refractivity (Wildman–Crippen MR) is 95.4 cm³/mol. The van der Waals surface area contributed by atoms with Crippen molar-refractivity contribution in [1.29, 1.82) is 0 Å². The van der Waals surface area contributed by atoms with Crippen LogP contribution in [-0.2, 0) is 11.3 Å². The highest BCUT2D eigenvalue weighted by Gasteiger charge is 2.50. The Balaban J connectivity index is 1.64. The molecule has 1 saturated heterocycles. The molecule has 0 atom stereocenters. The minimum atomic E-state index is -0.161. The molecule has 3 nitrogen and oxygen atoms in total. The van der Waals surface area contributed by atoms with Crippen molar-refractivity contribution in [2.24, 2.45) is 0 Å². The molecule has 0 aliphatic carbocycles. The molecule has 0 saturated carbocycles. The Labute approximate surface area is 139 Å². The molecule has 5 heteroatoms. The molecule has 23 heavy (non-hydrogen) atoms. The van der Waals surface area contributed by atoms with Crippen molar-refractivity contribution in [3.63, 3.8) is 0 Å². The van der Waals surface area contributed by atoms with Gasteiger partial charge < -0.3 is 9.39 Å². The normalized spacial score (nSPS) is 18.5. The summed E-state index contributed by atoms with van der Waals surface area (Å²) in [5.41, 5.74) is 1.92. The van der Waals surface area contributed by atoms with E-state index in [1.54, 1.807) is 6.20 Å². The van der Waals surface area contributed by atoms with Crippen LogP contribution in [0.25, 0.3) is 0 Å². The van der Waals surface area contributed by atoms with Crippen molar-refractivity contribution in [2.45, 2.75) is 45.2 Å². The Bertz CT molecular complexity index is 640. The van der Waals surface area contributed by atoms with Crippen LogP contribution in [0.3, 0.4) is 0 Å². The SMILES string of the molecule is CC1(C)[B]B(c2ccc(OCc3ccccn3)cc2)OC1(C)C. The molecule has 1 aliphatic heterocycles. The van der Waals surface area contributed by atoms with E-state index in [1.165, 1.54) is 0 Å². The summed E-state index contributed by atoms with van der Waals surface area (Å²) in [6, 6.07) is 14.0. The molecule has 1 aromatic heterocycles. The van der Waals surface area contributed by atoms with Crippen molar-refractivity contribution in [3.8, 4) is 5.75 Å². The molecule has 1 aliphatic rings. The summed E-state index contributed by atoms with van der Waals surface area (Å²) in [7, 11) is 2.29. The van der Waals surface area contributed by atoms with Crippen molar-refractivity contribution in [2.75, 3.05) is 0 Å². The van der Waals surface area contributed by atoms with Gasteiger partial charge in [-0.05, 0) is 43.4 Å². The molecule has 2 aromatic rings. The molecule has 117 valence electrons. The molecular weight excluding hydrogens is 284 g/mol. The molecule has 2 heterocycles. The minimum Gasteiger partial charge on any atom is -0.487 e. The molecule has 0 spiro atoms. The summed E-state index contributed by atoms with van der Waals surface area (Å²) < 4.78 is 12.0. The van der Waals surface area contributed by atoms with Gasteiger partial charge in [-0.25, -0.2) is 0 Å². The molecule has 1 fully saturated rings. The second kappa shape index (κ2) is 6.04. The Hall–Kier alpha value is -1.74. The van der Waals surface area contributed by atoms with Crippen LogP contribution in [0.1, 0.15) is 33.4 Å². The van der Waals surface area contributed by atoms with E-state index >= 15 is 0 Å². The molecule has 0 N–H and O–H groups in total. The van der Waals surface area contributed by atoms with E-state index in [2.05, 4.69) is 52.0 Å². The minimum absolute atomic E-state index is 0.0323. The van der Waals surface area contributed by atoms with Gasteiger partial charge in [0.1, 0.15) is 19.5 Å². The van der Waals surface area contributed by atoms with Gasteiger partial charge in [0.2, 0.25) is 0 Å². The molecule has 0 unspecified atom stereocenters. The third kappa shape index (κ3) is 3.45. The van der Waals surface area contributed by atoms with Crippen LogP contribution in [-0.4, -0.2) is 24.6 Å². The van der Waals surface area contributed by atoms with Gasteiger partial charge in [0, 0.05) is 11.8 Å². The van der Waals surface area contributed by atoms with Crippen LogP contribution in [0, 0.1) is 0 Å². The van der Waals surface area contributed by atoms with Crippen molar-refractivity contribution in [3.05, 3.63) is 54.4 Å². The van der Waals surface area contributed by atoms with E-state index < -0.39 is 0 Å². The van der Waals surface area contributed by atoms with Crippen molar-refractivity contribution < 1.29 is 9.39 Å². The first-order chi connectivity index (χ1) is 10.9. The summed E-state index contributed by atoms with van der Waals surface area (Å²) >= 11 is 0. The monoisotopic (exact) mass is 306 g/mol. The van der Waals surface area contributed by atoms with Crippen LogP contribution in [0.4, 0.5) is 0 Å². The highest BCUT2D eigenvalue weighted by molar-refractivity contribution is 7.17. The second-order valence-electron chi connectivity index (χ2n) is 7.12. The number of pyridine rings is 1. The number of hydrogen-bond acceptors (Lipinski definition) is 3. The molecule has 3 rings (SSSR count). The maximum Gasteiger partial charge on any atom is 0.280 e. The lowest BCUT2D eigenvalue weighted by atomic mass is 9.23. The number of hydrogen-bond donors (Lipinski definition) is 0. The summed E-state index contributed by atoms with van der Waals surface area (Å²) in [5.74, 6) is 0.843. The second-order valence-corrected chi connectivity index (χ2v) is 7.12. The summed E-state index contributed by atoms with van der Waals surface area (Å²) in [5, 5.41) is 0.0474. The highest BCUT2D eigenvalue weighted by atomic mass is 16.5. The Kier molecular flexibility index (Phi) is 4.24. The van der Waals surface area contributed by atoms with E-state index in [4.69, 9.17) is 9.39 Å². The average molecular weight is 306 g/mol. The standard InChI is InChI=1S/C18H22B2NO2/c1-17(2)18(3,4)23-20(19-17)14-8-10-16(11-9-14)22-13-15-7-5-6-12-21-15/h5-12H,13H2,1-4H3. The molecule has 0 amide bonds. The van der Waals surface area contributed by atoms with Gasteiger partial charge in [-0.2, -0.15) is 0 Å². The number of aromatic nitrogens is 1. The third-order valence-corrected chi connectivity index (χ3v) is 4.86. The summed E-state index contributed by atoms with van der Waals surface area (Å²) in [6.07, 6.45) is 1.78. The van der Waals surface area contributed by atoms with Crippen LogP contribution in [0.5, 0.6) is 5.75 Å². The van der Waals surface area contributed by atoms with Crippen LogP contribution >= 0.6 is 0 Å². The van der Waals surface area contributed by atoms with Crippen LogP contribution < -0.4 is 10.2 Å². The predicted octanol–water partition coefficient (Wildman–Crippen LogP) is 3.07. The zero-order valence-corrected chi connectivity index (χ0v) is 14.2. The number of nitrogens with zero attached hydrogens (tertiary/aromatic N) is 1. The smallest absolute Gasteiger partial charge is 0.280 e. The summed E-state index contributed by atoms with van der Waals surface area (Å²) in [4.78, 5) is 4.26. The van der Waals surface area contributed by atoms with Crippen molar-refractivity contribution in [1.82, 2.24) is 4.98 Å². The molecule has 1 aromatic carbocycles. The lowest BCUT2D eigenvalue weighted by Crippen LogP contribution is -2.36. The maximum atomic E-state index is 6.21. The fourth-order valence-corrected chi connectivity index (χ4v) is 2.64. The van der Waals surface area contributed by atoms with E-state index in [0.717, 1.165) is 16.9 Å². The van der Waals surface area contributed by atoms with Gasteiger partial charge >= 0.3 is 0 Å². The van der Waals surface area contributed by atoms with Gasteiger partial charge in [0.25, 0.3) is 6.81 Å². The highest BCUT2D eigenvalue weighted by Crippen LogP contribution is 2.45. The van der Waals surface area contributed by atoms with Gasteiger partial charge in [0.15, 0.2) is 0 Å². The number of rotatable bonds is 4. The third-order valence-electron chi connectivity index (χ3n) is 4.86. The van der Waals surface area contributed by atoms with Gasteiger partial charge in [-0.3, -0.25) is 4.98 Å². The fraction of sp³-hybridized carbons (Fsp3) is 0.389. The average Bonchev–Trinajstić information content (AvgIpc) is 2.75. The van der Waals surface area contributed by atoms with Crippen molar-refractivity contribution >= 4 is 19.4 Å². The van der Waals surface area contributed by atoms with Gasteiger partial charge in [0.05, 0.1) is 5.69 Å². The first kappa shape index (κ1) is 16.1. The van der Waals surface area contributed by atoms with Gasteiger partial charge in [-0.1, -0.05) is 37.5 Å². The number of benzene rings is 1. The number of ether oxygens (including phenoxy) is 1. The molecule has 0 bridgehead atoms. The largest absolute Gasteiger partial charge is 0.487 e. The lowest BCUT2D eigenvalue weighted by molar-refractivity contribution is 0.0881. The molecular formula is C18H22B2NO2. The zero-order chi connectivity index (χ0) is 16.5. The Morgan fingerprint density at radius 1 is 1.09 bits per heavy atom. The first-order valence-corrected chi connectivity index (χ1v) is 8.04. The lowest BCUT2D eigenvalue weighted by Gasteiger charge is -2.34. The van der Waals surface area contributed by atoms with Crippen LogP contribution in [0.15, 0.2) is 48.7 Å². The topological polar surface area (TPSA) is 31.4 Å². The fourth-order valence-electron chi connectivity index (χ4n) is 2.64. The first-order valence-electron chi connectivity index (χ1n) is 8.04. The van der Waals surface area contributed by atoms with E-state index in [0.29, 0.717) is 6.61 Å².